The highest BCUT2D eigenvalue weighted by molar-refractivity contribution is 7.19. The van der Waals surface area contributed by atoms with Gasteiger partial charge < -0.3 is 4.90 Å². The number of fused-ring (bicyclic) bond motifs is 1. The third-order valence-electron chi connectivity index (χ3n) is 4.85. The Hall–Kier alpha value is -1.98. The van der Waals surface area contributed by atoms with Crippen molar-refractivity contribution in [2.45, 2.75) is 25.2 Å². The molecule has 0 aliphatic carbocycles. The van der Waals surface area contributed by atoms with Gasteiger partial charge in [0.15, 0.2) is 0 Å². The number of hydrogen-bond donors (Lipinski definition) is 1. The summed E-state index contributed by atoms with van der Waals surface area (Å²) >= 11 is 3.47. The lowest BCUT2D eigenvalue weighted by Crippen LogP contribution is -2.46. The van der Waals surface area contributed by atoms with Crippen LogP contribution < -0.4 is 0 Å². The predicted molar refractivity (Wildman–Crippen MR) is 102 cm³/mol. The fraction of sp³-hybridized carbons (Fsp3) is 0.263. The van der Waals surface area contributed by atoms with Gasteiger partial charge in [-0.15, -0.1) is 11.3 Å². The zero-order chi connectivity index (χ0) is 16.9. The second-order valence-electron chi connectivity index (χ2n) is 6.66. The van der Waals surface area contributed by atoms with Crippen LogP contribution in [0.4, 0.5) is 0 Å². The highest BCUT2D eigenvalue weighted by atomic mass is 32.1. The van der Waals surface area contributed by atoms with E-state index >= 15 is 0 Å². The van der Waals surface area contributed by atoms with Crippen molar-refractivity contribution in [3.63, 3.8) is 0 Å². The molecule has 1 atom stereocenters. The van der Waals surface area contributed by atoms with Gasteiger partial charge in [-0.05, 0) is 33.8 Å². The fourth-order valence-electron chi connectivity index (χ4n) is 3.33. The van der Waals surface area contributed by atoms with E-state index < -0.39 is 0 Å². The number of amidine groups is 1. The molecule has 4 rings (SSSR count). The van der Waals surface area contributed by atoms with Crippen LogP contribution in [0.5, 0.6) is 0 Å². The highest BCUT2D eigenvalue weighted by Gasteiger charge is 2.39. The maximum absolute atomic E-state index is 12.3. The first-order chi connectivity index (χ1) is 11.5. The summed E-state index contributed by atoms with van der Waals surface area (Å²) < 4.78 is 1.27. The first-order valence-corrected chi connectivity index (χ1v) is 9.63. The van der Waals surface area contributed by atoms with E-state index in [2.05, 4.69) is 48.0 Å². The van der Waals surface area contributed by atoms with Crippen LogP contribution in [0.3, 0.4) is 0 Å². The molecule has 0 radical (unpaired) electrons. The topological polar surface area (TPSA) is 44.2 Å². The van der Waals surface area contributed by atoms with Gasteiger partial charge >= 0.3 is 0 Å². The van der Waals surface area contributed by atoms with Gasteiger partial charge in [0.25, 0.3) is 0 Å². The van der Waals surface area contributed by atoms with Crippen LogP contribution in [-0.4, -0.2) is 23.7 Å². The highest BCUT2D eigenvalue weighted by Crippen LogP contribution is 2.44. The molecule has 1 fully saturated rings. The van der Waals surface area contributed by atoms with Gasteiger partial charge in [-0.3, -0.25) is 10.2 Å². The summed E-state index contributed by atoms with van der Waals surface area (Å²) in [5.41, 5.74) is 2.22. The van der Waals surface area contributed by atoms with E-state index in [4.69, 9.17) is 5.41 Å². The number of hydrogen-bond acceptors (Lipinski definition) is 4. The van der Waals surface area contributed by atoms with E-state index in [0.717, 1.165) is 0 Å². The Balaban J connectivity index is 1.83. The second kappa shape index (κ2) is 5.53. The smallest absolute Gasteiger partial charge is 0.228 e. The normalized spacial score (nSPS) is 21.7. The maximum Gasteiger partial charge on any atom is 0.228 e. The summed E-state index contributed by atoms with van der Waals surface area (Å²) in [4.78, 5) is 14.9. The van der Waals surface area contributed by atoms with E-state index in [1.807, 2.05) is 0 Å². The van der Waals surface area contributed by atoms with Gasteiger partial charge in [0.2, 0.25) is 5.91 Å². The van der Waals surface area contributed by atoms with E-state index in [-0.39, 0.29) is 11.3 Å². The SMILES string of the molecule is CN1C(=N)C[C@](C)(c2cc3cccc(-c4ccsc4)c3s2)CC1=O. The summed E-state index contributed by atoms with van der Waals surface area (Å²) in [5, 5.41) is 13.6. The third kappa shape index (κ3) is 2.39. The standard InChI is InChI=1S/C19H18N2OS2/c1-19(9-16(20)21(2)17(22)10-19)15-8-12-4-3-5-14(18(12)24-15)13-6-7-23-11-13/h3-8,11,20H,9-10H2,1-2H3/t19-/m0/s1. The molecule has 0 saturated carbocycles. The van der Waals surface area contributed by atoms with Crippen LogP contribution in [0.1, 0.15) is 24.6 Å². The molecule has 1 aliphatic heterocycles. The molecule has 1 N–H and O–H groups in total. The van der Waals surface area contributed by atoms with Crippen molar-refractivity contribution in [2.24, 2.45) is 0 Å². The minimum Gasteiger partial charge on any atom is -0.304 e. The summed E-state index contributed by atoms with van der Waals surface area (Å²) in [6.07, 6.45) is 1.07. The summed E-state index contributed by atoms with van der Waals surface area (Å²) in [5.74, 6) is 0.438. The molecule has 24 heavy (non-hydrogen) atoms. The third-order valence-corrected chi connectivity index (χ3v) is 7.02. The molecule has 3 aromatic rings. The minimum atomic E-state index is -0.281. The van der Waals surface area contributed by atoms with Gasteiger partial charge in [0, 0.05) is 40.4 Å². The van der Waals surface area contributed by atoms with Crippen molar-refractivity contribution in [1.82, 2.24) is 4.90 Å². The van der Waals surface area contributed by atoms with Gasteiger partial charge in [-0.25, -0.2) is 0 Å². The largest absolute Gasteiger partial charge is 0.304 e. The summed E-state index contributed by atoms with van der Waals surface area (Å²) in [6, 6.07) is 10.7. The van der Waals surface area contributed by atoms with Crippen LogP contribution in [0.15, 0.2) is 41.1 Å². The number of nitrogens with one attached hydrogen (secondary N) is 1. The van der Waals surface area contributed by atoms with Crippen LogP contribution >= 0.6 is 22.7 Å². The number of amides is 1. The predicted octanol–water partition coefficient (Wildman–Crippen LogP) is 5.12. The molecule has 0 unspecified atom stereocenters. The van der Waals surface area contributed by atoms with Crippen LogP contribution in [0.25, 0.3) is 21.2 Å². The van der Waals surface area contributed by atoms with E-state index in [1.165, 1.54) is 31.0 Å². The number of rotatable bonds is 2. The molecule has 1 aliphatic rings. The van der Waals surface area contributed by atoms with E-state index in [9.17, 15) is 4.79 Å². The van der Waals surface area contributed by atoms with Crippen molar-refractivity contribution in [2.75, 3.05) is 7.05 Å². The van der Waals surface area contributed by atoms with Crippen LogP contribution in [0.2, 0.25) is 0 Å². The molecule has 3 heterocycles. The van der Waals surface area contributed by atoms with Gasteiger partial charge in [0.05, 0.1) is 0 Å². The summed E-state index contributed by atoms with van der Waals surface area (Å²) in [7, 11) is 1.70. The Kier molecular flexibility index (Phi) is 3.58. The molecule has 122 valence electrons. The fourth-order valence-corrected chi connectivity index (χ4v) is 5.33. The molecular formula is C19H18N2OS2. The maximum atomic E-state index is 12.3. The Morgan fingerprint density at radius 2 is 2.08 bits per heavy atom. The Bertz CT molecular complexity index is 922. The minimum absolute atomic E-state index is 0.0317. The number of carbonyl (C=O) groups excluding carboxylic acids is 1. The molecule has 3 nitrogen and oxygen atoms in total. The van der Waals surface area contributed by atoms with E-state index in [1.54, 1.807) is 29.7 Å². The Morgan fingerprint density at radius 3 is 2.79 bits per heavy atom. The average Bonchev–Trinajstić information content (AvgIpc) is 3.21. The molecule has 1 saturated heterocycles. The first-order valence-electron chi connectivity index (χ1n) is 7.87. The van der Waals surface area contributed by atoms with Crippen LogP contribution in [0, 0.1) is 5.41 Å². The number of thiophene rings is 2. The number of carbonyl (C=O) groups is 1. The summed E-state index contributed by atoms with van der Waals surface area (Å²) in [6.45, 7) is 2.11. The van der Waals surface area contributed by atoms with Crippen molar-refractivity contribution >= 4 is 44.5 Å². The Morgan fingerprint density at radius 1 is 1.25 bits per heavy atom. The second-order valence-corrected chi connectivity index (χ2v) is 8.49. The Labute approximate surface area is 149 Å². The molecule has 1 aromatic carbocycles. The van der Waals surface area contributed by atoms with Gasteiger partial charge in [-0.1, -0.05) is 25.1 Å². The van der Waals surface area contributed by atoms with E-state index in [0.29, 0.717) is 18.7 Å². The lowest BCUT2D eigenvalue weighted by Gasteiger charge is -2.36. The number of likely N-dealkylation sites (tertiary alicyclic amines) is 1. The zero-order valence-corrected chi connectivity index (χ0v) is 15.3. The number of benzene rings is 1. The molecule has 0 spiro atoms. The number of piperidine rings is 1. The van der Waals surface area contributed by atoms with Crippen molar-refractivity contribution in [3.8, 4) is 11.1 Å². The van der Waals surface area contributed by atoms with Crippen molar-refractivity contribution in [1.29, 1.82) is 5.41 Å². The molecule has 1 amide bonds. The van der Waals surface area contributed by atoms with Gasteiger partial charge in [-0.2, -0.15) is 11.3 Å². The average molecular weight is 355 g/mol. The molecule has 0 bridgehead atoms. The first kappa shape index (κ1) is 15.5. The van der Waals surface area contributed by atoms with Gasteiger partial charge in [0.1, 0.15) is 5.84 Å². The zero-order valence-electron chi connectivity index (χ0n) is 13.6. The number of nitrogens with zero attached hydrogens (tertiary/aromatic N) is 1. The lowest BCUT2D eigenvalue weighted by molar-refractivity contribution is -0.128. The molecular weight excluding hydrogens is 336 g/mol. The van der Waals surface area contributed by atoms with Crippen molar-refractivity contribution in [3.05, 3.63) is 46.0 Å². The monoisotopic (exact) mass is 354 g/mol. The molecule has 2 aromatic heterocycles. The quantitative estimate of drug-likeness (QED) is 0.682. The van der Waals surface area contributed by atoms with Crippen LogP contribution in [-0.2, 0) is 10.2 Å². The molecule has 5 heteroatoms. The van der Waals surface area contributed by atoms with Crippen molar-refractivity contribution < 1.29 is 4.79 Å². The lowest BCUT2D eigenvalue weighted by atomic mass is 9.78.